The molecule has 0 spiro atoms. The van der Waals surface area contributed by atoms with Crippen LogP contribution in [-0.4, -0.2) is 44.0 Å². The molecule has 0 nitrogen and oxygen atoms in total. The van der Waals surface area contributed by atoms with E-state index in [0.29, 0.717) is 0 Å². The molecule has 0 aromatic heterocycles. The average Bonchev–Trinajstić information content (AvgIpc) is 2.59. The fourth-order valence-electron chi connectivity index (χ4n) is 2.31. The molecule has 0 saturated heterocycles. The second-order valence-corrected chi connectivity index (χ2v) is 16.6. The molecule has 3 rings (SSSR count). The summed E-state index contributed by atoms with van der Waals surface area (Å²) in [6, 6.07) is 32.9. The zero-order valence-electron chi connectivity index (χ0n) is 13.2. The summed E-state index contributed by atoms with van der Waals surface area (Å²) < 4.78 is 9.26. The van der Waals surface area contributed by atoms with Crippen LogP contribution in [0, 0.1) is 0 Å². The van der Waals surface area contributed by atoms with Gasteiger partial charge in [0, 0.05) is 0 Å². The molecule has 0 aliphatic carbocycles. The van der Waals surface area contributed by atoms with E-state index in [1.54, 1.807) is 0 Å². The Morgan fingerprint density at radius 1 is 0.500 bits per heavy atom. The molecule has 1 radical (unpaired) electrons. The molecule has 0 bridgehead atoms. The molecule has 0 atom stereocenters. The summed E-state index contributed by atoms with van der Waals surface area (Å²) in [4.78, 5) is 0. The van der Waals surface area contributed by atoms with E-state index < -0.39 is 19.8 Å². The Morgan fingerprint density at radius 3 is 0.955 bits per heavy atom. The average molecular weight is 584 g/mol. The predicted molar refractivity (Wildman–Crippen MR) is 101 cm³/mol. The Kier molecular flexibility index (Phi) is 8.23. The van der Waals surface area contributed by atoms with Crippen molar-refractivity contribution in [2.24, 2.45) is 0 Å². The molecule has 0 N–H and O–H groups in total. The summed E-state index contributed by atoms with van der Waals surface area (Å²) >= 11 is -1.98. The van der Waals surface area contributed by atoms with E-state index in [1.807, 2.05) is 0 Å². The summed E-state index contributed by atoms with van der Waals surface area (Å²) in [6.07, 6.45) is 0. The van der Waals surface area contributed by atoms with Gasteiger partial charge >= 0.3 is 155 Å². The standard InChI is InChI=1S/3C6H5.2CH3.Sn.Tl/c3*1-2-4-6-5-3-1;;;;/h3*1-5H;2*1H3;;. The maximum atomic E-state index is 2.33. The van der Waals surface area contributed by atoms with Crippen molar-refractivity contribution in [3.63, 3.8) is 0 Å². The zero-order chi connectivity index (χ0) is 15.6. The van der Waals surface area contributed by atoms with Crippen LogP contribution >= 0.6 is 0 Å². The number of hydrogen-bond donors (Lipinski definition) is 0. The number of rotatable bonds is 3. The van der Waals surface area contributed by atoms with Gasteiger partial charge in [0.05, 0.1) is 0 Å². The first kappa shape index (κ1) is 17.7. The summed E-state index contributed by atoms with van der Waals surface area (Å²) in [5.74, 6) is 0. The zero-order valence-corrected chi connectivity index (χ0v) is 20.6. The summed E-state index contributed by atoms with van der Waals surface area (Å²) in [6.45, 7) is 0. The van der Waals surface area contributed by atoms with Gasteiger partial charge in [0.1, 0.15) is 0 Å². The molecule has 22 heavy (non-hydrogen) atoms. The molecule has 0 fully saturated rings. The third-order valence-corrected chi connectivity index (χ3v) is 11.0. The Bertz CT molecular complexity index is 544. The first-order valence-electron chi connectivity index (χ1n) is 7.64. The molecule has 108 valence electrons. The van der Waals surface area contributed by atoms with Gasteiger partial charge in [-0.25, -0.2) is 0 Å². The van der Waals surface area contributed by atoms with Gasteiger partial charge in [-0.2, -0.15) is 0 Å². The first-order valence-corrected chi connectivity index (χ1v) is 20.9. The van der Waals surface area contributed by atoms with Crippen LogP contribution in [0.4, 0.5) is 0 Å². The van der Waals surface area contributed by atoms with Gasteiger partial charge < -0.3 is 0 Å². The molecular formula is C20H21SnTl. The van der Waals surface area contributed by atoms with Crippen molar-refractivity contribution in [3.8, 4) is 0 Å². The van der Waals surface area contributed by atoms with E-state index in [0.717, 1.165) is 0 Å². The molecule has 0 aliphatic rings. The fraction of sp³-hybridized carbons (Fsp3) is 0.100. The molecule has 0 aliphatic heterocycles. The Labute approximate surface area is 153 Å². The van der Waals surface area contributed by atoms with Crippen molar-refractivity contribution in [2.75, 3.05) is 0 Å². The minimum absolute atomic E-state index is 0.000000000000000111. The van der Waals surface area contributed by atoms with Gasteiger partial charge in [0.15, 0.2) is 0 Å². The molecular weight excluding hydrogens is 563 g/mol. The Balaban J connectivity index is 0.000000545. The van der Waals surface area contributed by atoms with Gasteiger partial charge in [-0.1, -0.05) is 0 Å². The van der Waals surface area contributed by atoms with E-state index >= 15 is 0 Å². The van der Waals surface area contributed by atoms with Crippen molar-refractivity contribution in [1.29, 1.82) is 0 Å². The van der Waals surface area contributed by atoms with Crippen molar-refractivity contribution < 1.29 is 0 Å². The second kappa shape index (κ2) is 10.2. The van der Waals surface area contributed by atoms with Crippen molar-refractivity contribution in [2.45, 2.75) is 8.97 Å². The fourth-order valence-corrected chi connectivity index (χ4v) is 9.67. The van der Waals surface area contributed by atoms with E-state index in [9.17, 15) is 0 Å². The summed E-state index contributed by atoms with van der Waals surface area (Å²) in [5, 5.41) is 0. The third kappa shape index (κ3) is 5.23. The van der Waals surface area contributed by atoms with Crippen LogP contribution in [0.25, 0.3) is 0 Å². The van der Waals surface area contributed by atoms with E-state index in [1.165, 1.54) is 10.7 Å². The molecule has 0 amide bonds. The molecule has 0 unspecified atom stereocenters. The SMILES string of the molecule is [CH3][Tl][CH3].c1cc[c]([Sn]([c]2ccccc2)[c]2ccccc2)cc1. The molecule has 2 heteroatoms. The Morgan fingerprint density at radius 2 is 0.727 bits per heavy atom. The van der Waals surface area contributed by atoms with Crippen molar-refractivity contribution in [1.82, 2.24) is 0 Å². The van der Waals surface area contributed by atoms with Crippen LogP contribution in [0.5, 0.6) is 0 Å². The quantitative estimate of drug-likeness (QED) is 0.416. The molecule has 3 aromatic rings. The van der Waals surface area contributed by atoms with Crippen LogP contribution in [-0.2, 0) is 0 Å². The summed E-state index contributed by atoms with van der Waals surface area (Å²) in [5.41, 5.74) is 0. The minimum atomic E-state index is -1.98. The van der Waals surface area contributed by atoms with Crippen LogP contribution in [0.15, 0.2) is 91.0 Å². The maximum absolute atomic E-state index is 2.33. The van der Waals surface area contributed by atoms with Gasteiger partial charge in [-0.3, -0.25) is 0 Å². The van der Waals surface area contributed by atoms with E-state index in [-0.39, 0.29) is 24.2 Å². The predicted octanol–water partition coefficient (Wildman–Crippen LogP) is 2.99. The normalized spacial score (nSPS) is 9.59. The van der Waals surface area contributed by atoms with Crippen LogP contribution in [0.1, 0.15) is 0 Å². The van der Waals surface area contributed by atoms with Gasteiger partial charge in [-0.05, 0) is 0 Å². The topological polar surface area (TPSA) is 0 Å². The van der Waals surface area contributed by atoms with E-state index in [4.69, 9.17) is 0 Å². The van der Waals surface area contributed by atoms with E-state index in [2.05, 4.69) is 100.0 Å². The molecule has 0 saturated carbocycles. The van der Waals surface area contributed by atoms with Crippen LogP contribution in [0.3, 0.4) is 0 Å². The van der Waals surface area contributed by atoms with Gasteiger partial charge in [0.2, 0.25) is 0 Å². The number of hydrogen-bond acceptors (Lipinski definition) is 0. The van der Waals surface area contributed by atoms with Crippen LogP contribution < -0.4 is 10.7 Å². The number of benzene rings is 3. The molecule has 3 aromatic carbocycles. The van der Waals surface area contributed by atoms with Crippen LogP contribution in [0.2, 0.25) is 8.97 Å². The Hall–Kier alpha value is -0.619. The van der Waals surface area contributed by atoms with Gasteiger partial charge in [-0.15, -0.1) is 0 Å². The van der Waals surface area contributed by atoms with Gasteiger partial charge in [0.25, 0.3) is 0 Å². The van der Waals surface area contributed by atoms with Crippen molar-refractivity contribution >= 4 is 54.7 Å². The summed E-state index contributed by atoms with van der Waals surface area (Å²) in [7, 11) is 0. The van der Waals surface area contributed by atoms with Crippen molar-refractivity contribution in [3.05, 3.63) is 91.0 Å². The second-order valence-electron chi connectivity index (χ2n) is 5.05. The monoisotopic (exact) mass is 586 g/mol. The third-order valence-electron chi connectivity index (χ3n) is 3.19. The molecule has 0 heterocycles. The first-order chi connectivity index (χ1) is 10.9.